The Morgan fingerprint density at radius 1 is 1.41 bits per heavy atom. The van der Waals surface area contributed by atoms with Gasteiger partial charge < -0.3 is 15.4 Å². The number of benzene rings is 1. The van der Waals surface area contributed by atoms with E-state index < -0.39 is 0 Å². The molecule has 1 aliphatic rings. The molecule has 0 radical (unpaired) electrons. The number of hydrogen-bond acceptors (Lipinski definition) is 3. The van der Waals surface area contributed by atoms with Crippen molar-refractivity contribution in [3.63, 3.8) is 0 Å². The number of nitrogens with zero attached hydrogens (tertiary/aromatic N) is 1. The van der Waals surface area contributed by atoms with Gasteiger partial charge in [-0.2, -0.15) is 0 Å². The molecule has 1 heterocycles. The van der Waals surface area contributed by atoms with E-state index in [1.165, 1.54) is 24.1 Å². The fraction of sp³-hybridized carbons (Fsp3) is 0.571. The van der Waals surface area contributed by atoms with Gasteiger partial charge in [0.05, 0.1) is 0 Å². The van der Waals surface area contributed by atoms with Crippen LogP contribution in [0, 0.1) is 0 Å². The van der Waals surface area contributed by atoms with Crippen LogP contribution in [0.25, 0.3) is 0 Å². The molecule has 1 aliphatic heterocycles. The van der Waals surface area contributed by atoms with Gasteiger partial charge in [0.1, 0.15) is 0 Å². The Kier molecular flexibility index (Phi) is 4.40. The minimum atomic E-state index is 0.195. The molecule has 1 atom stereocenters. The summed E-state index contributed by atoms with van der Waals surface area (Å²) >= 11 is 0. The molecule has 17 heavy (non-hydrogen) atoms. The van der Waals surface area contributed by atoms with Gasteiger partial charge in [-0.15, -0.1) is 0 Å². The van der Waals surface area contributed by atoms with Crippen LogP contribution in [-0.2, 0) is 11.2 Å². The molecule has 94 valence electrons. The van der Waals surface area contributed by atoms with Crippen LogP contribution in [0.2, 0.25) is 0 Å². The molecular formula is C14H22N2O. The second-order valence-corrected chi connectivity index (χ2v) is 4.72. The first-order chi connectivity index (χ1) is 8.31. The molecule has 0 aliphatic carbocycles. The van der Waals surface area contributed by atoms with Gasteiger partial charge in [0, 0.05) is 38.5 Å². The average molecular weight is 234 g/mol. The first kappa shape index (κ1) is 12.4. The normalized spacial score (nSPS) is 16.7. The highest BCUT2D eigenvalue weighted by Crippen LogP contribution is 2.26. The van der Waals surface area contributed by atoms with Gasteiger partial charge in [-0.25, -0.2) is 0 Å². The van der Waals surface area contributed by atoms with Crippen molar-refractivity contribution in [3.05, 3.63) is 29.8 Å². The second-order valence-electron chi connectivity index (χ2n) is 4.72. The summed E-state index contributed by atoms with van der Waals surface area (Å²) in [6, 6.07) is 8.85. The summed E-state index contributed by atoms with van der Waals surface area (Å²) in [6.45, 7) is 2.80. The van der Waals surface area contributed by atoms with Crippen LogP contribution < -0.4 is 10.6 Å². The number of fused-ring (bicyclic) bond motifs is 1. The van der Waals surface area contributed by atoms with E-state index in [-0.39, 0.29) is 6.04 Å². The summed E-state index contributed by atoms with van der Waals surface area (Å²) in [4.78, 5) is 2.42. The number of methoxy groups -OCH3 is 1. The number of aryl methyl sites for hydroxylation is 1. The van der Waals surface area contributed by atoms with Crippen molar-refractivity contribution in [2.24, 2.45) is 5.73 Å². The molecular weight excluding hydrogens is 212 g/mol. The molecule has 2 rings (SSSR count). The van der Waals surface area contributed by atoms with Crippen molar-refractivity contribution in [1.82, 2.24) is 0 Å². The number of ether oxygens (including phenoxy) is 1. The molecule has 0 bridgehead atoms. The lowest BCUT2D eigenvalue weighted by Crippen LogP contribution is -2.40. The molecule has 1 aromatic carbocycles. The minimum Gasteiger partial charge on any atom is -0.385 e. The number of hydrogen-bond donors (Lipinski definition) is 1. The summed E-state index contributed by atoms with van der Waals surface area (Å²) in [5.74, 6) is 0. The van der Waals surface area contributed by atoms with Crippen molar-refractivity contribution in [2.75, 3.05) is 31.7 Å². The Hall–Kier alpha value is -1.06. The average Bonchev–Trinajstić information content (AvgIpc) is 2.37. The van der Waals surface area contributed by atoms with Gasteiger partial charge >= 0.3 is 0 Å². The molecule has 3 nitrogen and oxygen atoms in total. The van der Waals surface area contributed by atoms with Gasteiger partial charge in [-0.3, -0.25) is 0 Å². The lowest BCUT2D eigenvalue weighted by Gasteiger charge is -2.33. The quantitative estimate of drug-likeness (QED) is 0.844. The Morgan fingerprint density at radius 2 is 2.24 bits per heavy atom. The van der Waals surface area contributed by atoms with E-state index in [0.717, 1.165) is 26.1 Å². The minimum absolute atomic E-state index is 0.195. The molecule has 1 aromatic rings. The van der Waals surface area contributed by atoms with Crippen molar-refractivity contribution >= 4 is 5.69 Å². The summed E-state index contributed by atoms with van der Waals surface area (Å²) in [7, 11) is 1.73. The fourth-order valence-electron chi connectivity index (χ4n) is 2.44. The van der Waals surface area contributed by atoms with Crippen LogP contribution in [0.3, 0.4) is 0 Å². The molecule has 0 spiro atoms. The monoisotopic (exact) mass is 234 g/mol. The Labute approximate surface area is 104 Å². The van der Waals surface area contributed by atoms with Crippen LogP contribution >= 0.6 is 0 Å². The smallest absolute Gasteiger partial charge is 0.0477 e. The van der Waals surface area contributed by atoms with Crippen LogP contribution in [0.4, 0.5) is 5.69 Å². The molecule has 1 unspecified atom stereocenters. The van der Waals surface area contributed by atoms with E-state index >= 15 is 0 Å². The van der Waals surface area contributed by atoms with Crippen LogP contribution in [-0.4, -0.2) is 32.8 Å². The van der Waals surface area contributed by atoms with Crippen LogP contribution in [0.5, 0.6) is 0 Å². The highest BCUT2D eigenvalue weighted by molar-refractivity contribution is 5.55. The van der Waals surface area contributed by atoms with E-state index in [1.54, 1.807) is 7.11 Å². The van der Waals surface area contributed by atoms with Crippen LogP contribution in [0.15, 0.2) is 24.3 Å². The lowest BCUT2D eigenvalue weighted by molar-refractivity contribution is 0.188. The number of nitrogens with two attached hydrogens (primary N) is 1. The summed E-state index contributed by atoms with van der Waals surface area (Å²) in [5, 5.41) is 0. The van der Waals surface area contributed by atoms with Crippen molar-refractivity contribution in [2.45, 2.75) is 25.3 Å². The topological polar surface area (TPSA) is 38.5 Å². The predicted octanol–water partition coefficient (Wildman–Crippen LogP) is 1.80. The molecule has 3 heteroatoms. The Morgan fingerprint density at radius 3 is 3.06 bits per heavy atom. The first-order valence-corrected chi connectivity index (χ1v) is 6.38. The largest absolute Gasteiger partial charge is 0.385 e. The molecule has 0 aromatic heterocycles. The molecule has 2 N–H and O–H groups in total. The first-order valence-electron chi connectivity index (χ1n) is 6.38. The van der Waals surface area contributed by atoms with E-state index in [1.807, 2.05) is 0 Å². The maximum Gasteiger partial charge on any atom is 0.0477 e. The van der Waals surface area contributed by atoms with Crippen molar-refractivity contribution in [3.8, 4) is 0 Å². The van der Waals surface area contributed by atoms with Crippen molar-refractivity contribution < 1.29 is 4.74 Å². The Bertz CT molecular complexity index is 354. The van der Waals surface area contributed by atoms with Crippen LogP contribution in [0.1, 0.15) is 18.4 Å². The van der Waals surface area contributed by atoms with E-state index in [4.69, 9.17) is 10.5 Å². The number of para-hydroxylation sites is 1. The van der Waals surface area contributed by atoms with E-state index in [2.05, 4.69) is 29.2 Å². The molecule has 0 saturated carbocycles. The maximum absolute atomic E-state index is 6.13. The molecule has 0 fully saturated rings. The maximum atomic E-state index is 6.13. The zero-order valence-electron chi connectivity index (χ0n) is 10.6. The third-order valence-electron chi connectivity index (χ3n) is 3.35. The highest BCUT2D eigenvalue weighted by atomic mass is 16.5. The van der Waals surface area contributed by atoms with Gasteiger partial charge in [0.2, 0.25) is 0 Å². The zero-order chi connectivity index (χ0) is 12.1. The highest BCUT2D eigenvalue weighted by Gasteiger charge is 2.17. The SMILES string of the molecule is COCCC(N)CN1CCCc2ccccc21. The third-order valence-corrected chi connectivity index (χ3v) is 3.35. The van der Waals surface area contributed by atoms with Gasteiger partial charge in [0.25, 0.3) is 0 Å². The molecule has 0 amide bonds. The van der Waals surface area contributed by atoms with Crippen molar-refractivity contribution in [1.29, 1.82) is 0 Å². The number of anilines is 1. The summed E-state index contributed by atoms with van der Waals surface area (Å²) < 4.78 is 5.07. The molecule has 0 saturated heterocycles. The number of rotatable bonds is 5. The Balaban J connectivity index is 1.98. The standard InChI is InChI=1S/C14H22N2O/c1-17-10-8-13(15)11-16-9-4-6-12-5-2-3-7-14(12)16/h2-3,5,7,13H,4,6,8-11,15H2,1H3. The lowest BCUT2D eigenvalue weighted by atomic mass is 10.0. The summed E-state index contributed by atoms with van der Waals surface area (Å²) in [6.07, 6.45) is 3.35. The van der Waals surface area contributed by atoms with Gasteiger partial charge in [-0.1, -0.05) is 18.2 Å². The second kappa shape index (κ2) is 6.03. The van der Waals surface area contributed by atoms with E-state index in [0.29, 0.717) is 0 Å². The van der Waals surface area contributed by atoms with Gasteiger partial charge in [0.15, 0.2) is 0 Å². The van der Waals surface area contributed by atoms with E-state index in [9.17, 15) is 0 Å². The third kappa shape index (κ3) is 3.20. The van der Waals surface area contributed by atoms with Gasteiger partial charge in [-0.05, 0) is 30.9 Å². The predicted molar refractivity (Wildman–Crippen MR) is 71.4 cm³/mol. The zero-order valence-corrected chi connectivity index (χ0v) is 10.6. The summed E-state index contributed by atoms with van der Waals surface area (Å²) in [5.41, 5.74) is 8.95. The fourth-order valence-corrected chi connectivity index (χ4v) is 2.44.